The molecule has 0 spiro atoms. The summed E-state index contributed by atoms with van der Waals surface area (Å²) >= 11 is 0. The van der Waals surface area contributed by atoms with Gasteiger partial charge in [-0.15, -0.1) is 0 Å². The van der Waals surface area contributed by atoms with E-state index in [1.165, 1.54) is 6.07 Å². The zero-order valence-corrected chi connectivity index (χ0v) is 12.4. The Hall–Kier alpha value is -1.77. The van der Waals surface area contributed by atoms with Crippen molar-refractivity contribution in [2.45, 2.75) is 18.0 Å². The lowest BCUT2D eigenvalue weighted by Crippen LogP contribution is -2.28. The number of halogens is 1. The Kier molecular flexibility index (Phi) is 5.05. The summed E-state index contributed by atoms with van der Waals surface area (Å²) in [6.07, 6.45) is 3.33. The van der Waals surface area contributed by atoms with E-state index in [0.29, 0.717) is 18.7 Å². The molecule has 6 nitrogen and oxygen atoms in total. The molecular formula is C13H17FN4O2S. The number of sulfonamides is 1. The molecule has 1 heterocycles. The predicted molar refractivity (Wildman–Crippen MR) is 76.6 cm³/mol. The number of hydrogen-bond donors (Lipinski definition) is 2. The maximum Gasteiger partial charge on any atom is 0.243 e. The Balaban J connectivity index is 2.09. The fourth-order valence-corrected chi connectivity index (χ4v) is 3.02. The second-order valence-corrected chi connectivity index (χ2v) is 6.20. The number of nitrogens with one attached hydrogen (secondary N) is 2. The molecule has 1 aromatic heterocycles. The lowest BCUT2D eigenvalue weighted by Gasteiger charge is -2.09. The fourth-order valence-electron chi connectivity index (χ4n) is 1.87. The molecule has 1 aromatic carbocycles. The molecule has 0 bridgehead atoms. The van der Waals surface area contributed by atoms with Crippen LogP contribution in [0.25, 0.3) is 0 Å². The van der Waals surface area contributed by atoms with Gasteiger partial charge < -0.3 is 5.32 Å². The van der Waals surface area contributed by atoms with Crippen molar-refractivity contribution in [3.8, 4) is 0 Å². The summed E-state index contributed by atoms with van der Waals surface area (Å²) in [6, 6.07) is 5.79. The highest BCUT2D eigenvalue weighted by atomic mass is 32.2. The Bertz CT molecular complexity index is 686. The number of rotatable bonds is 7. The number of hydrogen-bond acceptors (Lipinski definition) is 4. The van der Waals surface area contributed by atoms with Crippen molar-refractivity contribution >= 4 is 10.0 Å². The average Bonchev–Trinajstić information content (AvgIpc) is 2.94. The van der Waals surface area contributed by atoms with Crippen molar-refractivity contribution in [3.05, 3.63) is 48.0 Å². The molecule has 0 saturated heterocycles. The van der Waals surface area contributed by atoms with Crippen molar-refractivity contribution in [3.63, 3.8) is 0 Å². The minimum atomic E-state index is -3.88. The van der Waals surface area contributed by atoms with Gasteiger partial charge in [0.15, 0.2) is 0 Å². The van der Waals surface area contributed by atoms with Crippen LogP contribution in [-0.4, -0.2) is 31.8 Å². The van der Waals surface area contributed by atoms with Gasteiger partial charge in [-0.05, 0) is 30.8 Å². The van der Waals surface area contributed by atoms with E-state index in [1.54, 1.807) is 36.3 Å². The van der Waals surface area contributed by atoms with Crippen LogP contribution in [0, 0.1) is 5.82 Å². The molecule has 21 heavy (non-hydrogen) atoms. The molecule has 0 amide bonds. The standard InChI is InChI=1S/C13H17FN4O2S/c1-15-10-11-3-4-12(14)13(9-11)21(19,20)17-6-8-18-7-2-5-16-18/h2-5,7,9,15,17H,6,8,10H2,1H3. The summed E-state index contributed by atoms with van der Waals surface area (Å²) in [5.74, 6) is -0.763. The van der Waals surface area contributed by atoms with Crippen LogP contribution in [0.4, 0.5) is 4.39 Å². The molecule has 0 aliphatic heterocycles. The quantitative estimate of drug-likeness (QED) is 0.790. The number of nitrogens with zero attached hydrogens (tertiary/aromatic N) is 2. The van der Waals surface area contributed by atoms with Crippen LogP contribution < -0.4 is 10.0 Å². The van der Waals surface area contributed by atoms with Gasteiger partial charge in [0.1, 0.15) is 10.7 Å². The Morgan fingerprint density at radius 2 is 2.19 bits per heavy atom. The topological polar surface area (TPSA) is 76.0 Å². The van der Waals surface area contributed by atoms with Gasteiger partial charge in [-0.25, -0.2) is 17.5 Å². The molecule has 0 fully saturated rings. The first-order valence-electron chi connectivity index (χ1n) is 6.43. The molecule has 2 rings (SSSR count). The second-order valence-electron chi connectivity index (χ2n) is 4.46. The molecular weight excluding hydrogens is 295 g/mol. The second kappa shape index (κ2) is 6.79. The minimum Gasteiger partial charge on any atom is -0.316 e. The van der Waals surface area contributed by atoms with E-state index in [-0.39, 0.29) is 11.4 Å². The molecule has 114 valence electrons. The third-order valence-electron chi connectivity index (χ3n) is 2.86. The normalized spacial score (nSPS) is 11.7. The van der Waals surface area contributed by atoms with E-state index in [0.717, 1.165) is 6.07 Å². The Morgan fingerprint density at radius 3 is 2.86 bits per heavy atom. The van der Waals surface area contributed by atoms with E-state index >= 15 is 0 Å². The van der Waals surface area contributed by atoms with Crippen LogP contribution in [0.1, 0.15) is 5.56 Å². The van der Waals surface area contributed by atoms with E-state index in [9.17, 15) is 12.8 Å². The van der Waals surface area contributed by atoms with Crippen molar-refractivity contribution in [1.29, 1.82) is 0 Å². The summed E-state index contributed by atoms with van der Waals surface area (Å²) in [7, 11) is -2.14. The van der Waals surface area contributed by atoms with Crippen LogP contribution in [-0.2, 0) is 23.1 Å². The van der Waals surface area contributed by atoms with Gasteiger partial charge >= 0.3 is 0 Å². The average molecular weight is 312 g/mol. The highest BCUT2D eigenvalue weighted by molar-refractivity contribution is 7.89. The monoisotopic (exact) mass is 312 g/mol. The number of aromatic nitrogens is 2. The third kappa shape index (κ3) is 4.10. The van der Waals surface area contributed by atoms with Crippen LogP contribution in [0.2, 0.25) is 0 Å². The van der Waals surface area contributed by atoms with Gasteiger partial charge in [0, 0.05) is 25.5 Å². The first kappa shape index (κ1) is 15.6. The van der Waals surface area contributed by atoms with Gasteiger partial charge in [0.25, 0.3) is 0 Å². The highest BCUT2D eigenvalue weighted by Gasteiger charge is 2.19. The summed E-state index contributed by atoms with van der Waals surface area (Å²) in [5, 5.41) is 6.86. The summed E-state index contributed by atoms with van der Waals surface area (Å²) in [6.45, 7) is 0.986. The van der Waals surface area contributed by atoms with E-state index in [4.69, 9.17) is 0 Å². The smallest absolute Gasteiger partial charge is 0.243 e. The molecule has 8 heteroatoms. The van der Waals surface area contributed by atoms with Gasteiger partial charge in [-0.2, -0.15) is 5.10 Å². The van der Waals surface area contributed by atoms with Gasteiger partial charge in [0.2, 0.25) is 10.0 Å². The third-order valence-corrected chi connectivity index (χ3v) is 4.33. The maximum absolute atomic E-state index is 13.7. The lowest BCUT2D eigenvalue weighted by atomic mass is 10.2. The van der Waals surface area contributed by atoms with Crippen molar-refractivity contribution in [1.82, 2.24) is 19.8 Å². The molecule has 2 N–H and O–H groups in total. The first-order valence-corrected chi connectivity index (χ1v) is 7.91. The highest BCUT2D eigenvalue weighted by Crippen LogP contribution is 2.16. The van der Waals surface area contributed by atoms with Gasteiger partial charge in [-0.1, -0.05) is 6.07 Å². The van der Waals surface area contributed by atoms with Crippen molar-refractivity contribution < 1.29 is 12.8 Å². The van der Waals surface area contributed by atoms with Gasteiger partial charge in [0.05, 0.1) is 6.54 Å². The largest absolute Gasteiger partial charge is 0.316 e. The van der Waals surface area contributed by atoms with Crippen LogP contribution in [0.15, 0.2) is 41.6 Å². The molecule has 0 radical (unpaired) electrons. The molecule has 0 unspecified atom stereocenters. The first-order chi connectivity index (χ1) is 10.0. The molecule has 0 saturated carbocycles. The Labute approximate surface area is 123 Å². The summed E-state index contributed by atoms with van der Waals surface area (Å²) in [4.78, 5) is -0.337. The molecule has 0 aliphatic rings. The molecule has 0 aliphatic carbocycles. The minimum absolute atomic E-state index is 0.139. The zero-order chi connectivity index (χ0) is 15.3. The lowest BCUT2D eigenvalue weighted by molar-refractivity contribution is 0.544. The SMILES string of the molecule is CNCc1ccc(F)c(S(=O)(=O)NCCn2cccn2)c1. The summed E-state index contributed by atoms with van der Waals surface area (Å²) in [5.41, 5.74) is 0.700. The maximum atomic E-state index is 13.7. The van der Waals surface area contributed by atoms with Gasteiger partial charge in [-0.3, -0.25) is 4.68 Å². The predicted octanol–water partition coefficient (Wildman–Crippen LogP) is 0.720. The van der Waals surface area contributed by atoms with Crippen LogP contribution in [0.5, 0.6) is 0 Å². The molecule has 0 atom stereocenters. The number of benzene rings is 1. The van der Waals surface area contributed by atoms with Crippen molar-refractivity contribution in [2.24, 2.45) is 0 Å². The van der Waals surface area contributed by atoms with Crippen LogP contribution in [0.3, 0.4) is 0 Å². The zero-order valence-electron chi connectivity index (χ0n) is 11.6. The molecule has 2 aromatic rings. The van der Waals surface area contributed by atoms with E-state index in [1.807, 2.05) is 0 Å². The van der Waals surface area contributed by atoms with Crippen molar-refractivity contribution in [2.75, 3.05) is 13.6 Å². The van der Waals surface area contributed by atoms with Crippen LogP contribution >= 0.6 is 0 Å². The Morgan fingerprint density at radius 1 is 1.38 bits per heavy atom. The van der Waals surface area contributed by atoms with E-state index < -0.39 is 15.8 Å². The fraction of sp³-hybridized carbons (Fsp3) is 0.308. The van der Waals surface area contributed by atoms with E-state index in [2.05, 4.69) is 15.1 Å². The summed E-state index contributed by atoms with van der Waals surface area (Å²) < 4.78 is 42.0.